The van der Waals surface area contributed by atoms with Gasteiger partial charge in [-0.05, 0) is 42.9 Å². The van der Waals surface area contributed by atoms with E-state index >= 15 is 0 Å². The summed E-state index contributed by atoms with van der Waals surface area (Å²) in [7, 11) is 0. The molecule has 0 radical (unpaired) electrons. The van der Waals surface area contributed by atoms with Gasteiger partial charge in [-0.3, -0.25) is 0 Å². The topological polar surface area (TPSA) is 20.2 Å². The number of aliphatic hydroxyl groups is 1. The molecule has 1 fully saturated rings. The van der Waals surface area contributed by atoms with Gasteiger partial charge < -0.3 is 5.11 Å². The molecule has 0 amide bonds. The first kappa shape index (κ1) is 12.0. The Labute approximate surface area is 88.9 Å². The van der Waals surface area contributed by atoms with Crippen LogP contribution in [-0.4, -0.2) is 11.2 Å². The summed E-state index contributed by atoms with van der Waals surface area (Å²) in [5, 5.41) is 10.0. The Morgan fingerprint density at radius 2 is 1.79 bits per heavy atom. The normalized spacial score (nSPS) is 36.0. The monoisotopic (exact) mass is 198 g/mol. The van der Waals surface area contributed by atoms with Crippen LogP contribution >= 0.6 is 0 Å². The van der Waals surface area contributed by atoms with E-state index in [4.69, 9.17) is 0 Å². The van der Waals surface area contributed by atoms with Crippen LogP contribution in [0.5, 0.6) is 0 Å². The highest BCUT2D eigenvalue weighted by Gasteiger charge is 2.29. The Morgan fingerprint density at radius 1 is 1.14 bits per heavy atom. The van der Waals surface area contributed by atoms with E-state index in [0.717, 1.165) is 18.3 Å². The number of aliphatic hydroxyl groups excluding tert-OH is 1. The first-order valence-corrected chi connectivity index (χ1v) is 6.18. The average molecular weight is 198 g/mol. The van der Waals surface area contributed by atoms with E-state index in [1.807, 2.05) is 0 Å². The molecule has 1 heteroatoms. The Balaban J connectivity index is 2.38. The summed E-state index contributed by atoms with van der Waals surface area (Å²) in [6.45, 7) is 9.06. The van der Waals surface area contributed by atoms with Crippen LogP contribution in [0.15, 0.2) is 0 Å². The van der Waals surface area contributed by atoms with Gasteiger partial charge >= 0.3 is 0 Å². The van der Waals surface area contributed by atoms with Gasteiger partial charge in [0, 0.05) is 0 Å². The summed E-state index contributed by atoms with van der Waals surface area (Å²) in [5.74, 6) is 2.86. The van der Waals surface area contributed by atoms with Gasteiger partial charge in [-0.25, -0.2) is 0 Å². The standard InChI is InChI=1S/C13H26O/c1-9(2)7-13(14)12-6-5-10(3)11(4)8-12/h9-14H,5-8H2,1-4H3. The molecule has 0 aromatic rings. The molecular weight excluding hydrogens is 172 g/mol. The lowest BCUT2D eigenvalue weighted by molar-refractivity contribution is 0.0423. The lowest BCUT2D eigenvalue weighted by Crippen LogP contribution is -2.30. The van der Waals surface area contributed by atoms with Crippen molar-refractivity contribution < 1.29 is 5.11 Å². The maximum Gasteiger partial charge on any atom is 0.0570 e. The molecular formula is C13H26O. The smallest absolute Gasteiger partial charge is 0.0570 e. The van der Waals surface area contributed by atoms with Crippen molar-refractivity contribution in [3.05, 3.63) is 0 Å². The third kappa shape index (κ3) is 3.27. The summed E-state index contributed by atoms with van der Waals surface area (Å²) in [6.07, 6.45) is 4.70. The second-order valence-electron chi connectivity index (χ2n) is 5.72. The van der Waals surface area contributed by atoms with Crippen LogP contribution in [0.1, 0.15) is 53.4 Å². The summed E-state index contributed by atoms with van der Waals surface area (Å²) >= 11 is 0. The van der Waals surface area contributed by atoms with Gasteiger partial charge in [0.1, 0.15) is 0 Å². The van der Waals surface area contributed by atoms with Crippen LogP contribution in [0.2, 0.25) is 0 Å². The Morgan fingerprint density at radius 3 is 2.29 bits per heavy atom. The quantitative estimate of drug-likeness (QED) is 0.736. The van der Waals surface area contributed by atoms with Crippen LogP contribution in [0.3, 0.4) is 0 Å². The van der Waals surface area contributed by atoms with Crippen molar-refractivity contribution in [1.29, 1.82) is 0 Å². The second kappa shape index (κ2) is 5.16. The van der Waals surface area contributed by atoms with Crippen LogP contribution in [0.4, 0.5) is 0 Å². The molecule has 4 unspecified atom stereocenters. The molecule has 1 aliphatic carbocycles. The van der Waals surface area contributed by atoms with E-state index < -0.39 is 0 Å². The lowest BCUT2D eigenvalue weighted by Gasteiger charge is -2.35. The van der Waals surface area contributed by atoms with E-state index in [-0.39, 0.29) is 6.10 Å². The highest BCUT2D eigenvalue weighted by Crippen LogP contribution is 2.36. The number of hydrogen-bond donors (Lipinski definition) is 1. The Bertz CT molecular complexity index is 165. The molecule has 4 atom stereocenters. The third-order valence-corrected chi connectivity index (χ3v) is 3.90. The highest BCUT2D eigenvalue weighted by molar-refractivity contribution is 4.80. The molecule has 0 bridgehead atoms. The summed E-state index contributed by atoms with van der Waals surface area (Å²) in [6, 6.07) is 0. The minimum Gasteiger partial charge on any atom is -0.393 e. The maximum absolute atomic E-state index is 10.0. The average Bonchev–Trinajstić information content (AvgIpc) is 2.08. The fourth-order valence-electron chi connectivity index (χ4n) is 2.61. The fourth-order valence-corrected chi connectivity index (χ4v) is 2.61. The molecule has 1 nitrogen and oxygen atoms in total. The van der Waals surface area contributed by atoms with Crippen LogP contribution in [0.25, 0.3) is 0 Å². The predicted octanol–water partition coefficient (Wildman–Crippen LogP) is 3.47. The zero-order valence-corrected chi connectivity index (χ0v) is 10.2. The molecule has 0 heterocycles. The molecule has 14 heavy (non-hydrogen) atoms. The van der Waals surface area contributed by atoms with Gasteiger partial charge in [0.15, 0.2) is 0 Å². The van der Waals surface area contributed by atoms with E-state index in [9.17, 15) is 5.11 Å². The van der Waals surface area contributed by atoms with Crippen molar-refractivity contribution in [2.45, 2.75) is 59.5 Å². The Hall–Kier alpha value is -0.0400. The highest BCUT2D eigenvalue weighted by atomic mass is 16.3. The predicted molar refractivity (Wildman–Crippen MR) is 61.1 cm³/mol. The van der Waals surface area contributed by atoms with Gasteiger partial charge in [0.25, 0.3) is 0 Å². The largest absolute Gasteiger partial charge is 0.393 e. The molecule has 1 saturated carbocycles. The van der Waals surface area contributed by atoms with Gasteiger partial charge in [0.2, 0.25) is 0 Å². The molecule has 1 rings (SSSR count). The van der Waals surface area contributed by atoms with Gasteiger partial charge in [-0.1, -0.05) is 34.1 Å². The molecule has 0 aromatic heterocycles. The van der Waals surface area contributed by atoms with Gasteiger partial charge in [-0.15, -0.1) is 0 Å². The van der Waals surface area contributed by atoms with Crippen molar-refractivity contribution in [1.82, 2.24) is 0 Å². The van der Waals surface area contributed by atoms with E-state index in [2.05, 4.69) is 27.7 Å². The number of hydrogen-bond acceptors (Lipinski definition) is 1. The van der Waals surface area contributed by atoms with E-state index in [1.165, 1.54) is 19.3 Å². The number of rotatable bonds is 3. The van der Waals surface area contributed by atoms with Crippen molar-refractivity contribution in [3.63, 3.8) is 0 Å². The minimum absolute atomic E-state index is 0.0510. The van der Waals surface area contributed by atoms with Crippen molar-refractivity contribution >= 4 is 0 Å². The lowest BCUT2D eigenvalue weighted by atomic mass is 9.73. The molecule has 1 N–H and O–H groups in total. The van der Waals surface area contributed by atoms with Crippen molar-refractivity contribution in [3.8, 4) is 0 Å². The molecule has 84 valence electrons. The van der Waals surface area contributed by atoms with Crippen molar-refractivity contribution in [2.24, 2.45) is 23.7 Å². The van der Waals surface area contributed by atoms with Crippen LogP contribution in [-0.2, 0) is 0 Å². The molecule has 0 aromatic carbocycles. The minimum atomic E-state index is -0.0510. The van der Waals surface area contributed by atoms with Gasteiger partial charge in [-0.2, -0.15) is 0 Å². The Kier molecular flexibility index (Phi) is 4.43. The van der Waals surface area contributed by atoms with E-state index in [0.29, 0.717) is 11.8 Å². The summed E-state index contributed by atoms with van der Waals surface area (Å²) in [4.78, 5) is 0. The molecule has 0 aliphatic heterocycles. The first-order valence-electron chi connectivity index (χ1n) is 6.18. The third-order valence-electron chi connectivity index (χ3n) is 3.90. The SMILES string of the molecule is CC(C)CC(O)C1CCC(C)C(C)C1. The van der Waals surface area contributed by atoms with E-state index in [1.54, 1.807) is 0 Å². The van der Waals surface area contributed by atoms with Crippen LogP contribution in [0, 0.1) is 23.7 Å². The molecule has 1 aliphatic rings. The fraction of sp³-hybridized carbons (Fsp3) is 1.00. The zero-order valence-electron chi connectivity index (χ0n) is 10.2. The first-order chi connectivity index (χ1) is 6.50. The molecule has 0 spiro atoms. The van der Waals surface area contributed by atoms with Crippen molar-refractivity contribution in [2.75, 3.05) is 0 Å². The summed E-state index contributed by atoms with van der Waals surface area (Å²) in [5.41, 5.74) is 0. The van der Waals surface area contributed by atoms with Gasteiger partial charge in [0.05, 0.1) is 6.10 Å². The zero-order chi connectivity index (χ0) is 10.7. The summed E-state index contributed by atoms with van der Waals surface area (Å²) < 4.78 is 0. The molecule has 0 saturated heterocycles. The van der Waals surface area contributed by atoms with Crippen LogP contribution < -0.4 is 0 Å². The maximum atomic E-state index is 10.0. The second-order valence-corrected chi connectivity index (χ2v) is 5.72.